The Hall–Kier alpha value is 0.177. The molecule has 0 amide bonds. The molecule has 0 aromatic heterocycles. The molecule has 121 valence electrons. The molecule has 0 aromatic rings. The van der Waals surface area contributed by atoms with Crippen LogP contribution in [0.25, 0.3) is 0 Å². The summed E-state index contributed by atoms with van der Waals surface area (Å²) < 4.78 is 5.73. The maximum Gasteiger partial charge on any atom is 0.204 e. The van der Waals surface area contributed by atoms with Crippen LogP contribution < -0.4 is 0 Å². The van der Waals surface area contributed by atoms with Crippen molar-refractivity contribution < 1.29 is 4.43 Å². The second-order valence-corrected chi connectivity index (χ2v) is 8.54. The Kier molecular flexibility index (Phi) is 15.7. The summed E-state index contributed by atoms with van der Waals surface area (Å²) in [6.07, 6.45) is 17.0. The van der Waals surface area contributed by atoms with Crippen LogP contribution in [0.2, 0.25) is 13.1 Å². The second-order valence-electron chi connectivity index (χ2n) is 6.44. The van der Waals surface area contributed by atoms with Gasteiger partial charge in [0.25, 0.3) is 0 Å². The lowest BCUT2D eigenvalue weighted by Crippen LogP contribution is -2.10. The first kappa shape index (κ1) is 20.2. The van der Waals surface area contributed by atoms with E-state index in [0.717, 1.165) is 12.5 Å². The zero-order valence-corrected chi connectivity index (χ0v) is 15.7. The van der Waals surface area contributed by atoms with Crippen LogP contribution in [-0.4, -0.2) is 15.6 Å². The van der Waals surface area contributed by atoms with E-state index in [9.17, 15) is 0 Å². The molecule has 0 saturated heterocycles. The predicted octanol–water partition coefficient (Wildman–Crippen LogP) is 6.59. The van der Waals surface area contributed by atoms with Crippen molar-refractivity contribution in [2.45, 2.75) is 104 Å². The Morgan fingerprint density at radius 3 is 1.85 bits per heavy atom. The molecule has 2 heteroatoms. The molecule has 0 bridgehead atoms. The van der Waals surface area contributed by atoms with Crippen LogP contribution in [0.3, 0.4) is 0 Å². The SMILES string of the molecule is CCCCCCCCCCC(CC)CCCO[Si](C)C. The van der Waals surface area contributed by atoms with E-state index in [1.807, 2.05) is 0 Å². The Labute approximate surface area is 130 Å². The van der Waals surface area contributed by atoms with Gasteiger partial charge in [-0.3, -0.25) is 0 Å². The fourth-order valence-corrected chi connectivity index (χ4v) is 3.32. The van der Waals surface area contributed by atoms with Gasteiger partial charge >= 0.3 is 0 Å². The topological polar surface area (TPSA) is 9.23 Å². The summed E-state index contributed by atoms with van der Waals surface area (Å²) in [6, 6.07) is 0. The summed E-state index contributed by atoms with van der Waals surface area (Å²) in [6.45, 7) is 10.1. The van der Waals surface area contributed by atoms with Crippen LogP contribution in [0.1, 0.15) is 90.9 Å². The quantitative estimate of drug-likeness (QED) is 0.245. The van der Waals surface area contributed by atoms with E-state index in [2.05, 4.69) is 26.9 Å². The Morgan fingerprint density at radius 2 is 1.30 bits per heavy atom. The van der Waals surface area contributed by atoms with Crippen molar-refractivity contribution in [2.24, 2.45) is 5.92 Å². The fourth-order valence-electron chi connectivity index (χ4n) is 2.77. The molecule has 20 heavy (non-hydrogen) atoms. The average molecular weight is 300 g/mol. The van der Waals surface area contributed by atoms with Gasteiger partial charge in [-0.15, -0.1) is 0 Å². The number of hydrogen-bond acceptors (Lipinski definition) is 1. The van der Waals surface area contributed by atoms with Gasteiger partial charge in [0, 0.05) is 6.61 Å². The van der Waals surface area contributed by atoms with Gasteiger partial charge in [0.2, 0.25) is 9.04 Å². The number of unbranched alkanes of at least 4 members (excludes halogenated alkanes) is 7. The van der Waals surface area contributed by atoms with Gasteiger partial charge in [-0.2, -0.15) is 0 Å². The van der Waals surface area contributed by atoms with Crippen LogP contribution in [0.5, 0.6) is 0 Å². The monoisotopic (exact) mass is 299 g/mol. The normalized spacial score (nSPS) is 13.1. The van der Waals surface area contributed by atoms with Gasteiger partial charge in [0.05, 0.1) is 0 Å². The first-order valence-corrected chi connectivity index (χ1v) is 11.5. The molecule has 0 aliphatic rings. The van der Waals surface area contributed by atoms with Gasteiger partial charge in [-0.25, -0.2) is 0 Å². The van der Waals surface area contributed by atoms with Crippen molar-refractivity contribution >= 4 is 9.04 Å². The highest BCUT2D eigenvalue weighted by molar-refractivity contribution is 6.48. The average Bonchev–Trinajstić information content (AvgIpc) is 2.43. The van der Waals surface area contributed by atoms with E-state index in [1.165, 1.54) is 77.0 Å². The highest BCUT2D eigenvalue weighted by atomic mass is 28.3. The van der Waals surface area contributed by atoms with E-state index < -0.39 is 9.04 Å². The lowest BCUT2D eigenvalue weighted by molar-refractivity contribution is 0.290. The van der Waals surface area contributed by atoms with Crippen LogP contribution in [0.4, 0.5) is 0 Å². The molecule has 0 N–H and O–H groups in total. The third-order valence-electron chi connectivity index (χ3n) is 4.19. The minimum absolute atomic E-state index is 0.472. The van der Waals surface area contributed by atoms with Crippen molar-refractivity contribution in [3.63, 3.8) is 0 Å². The minimum Gasteiger partial charge on any atom is -0.417 e. The van der Waals surface area contributed by atoms with Gasteiger partial charge in [0.15, 0.2) is 0 Å². The fraction of sp³-hybridized carbons (Fsp3) is 1.00. The largest absolute Gasteiger partial charge is 0.417 e. The molecule has 0 spiro atoms. The van der Waals surface area contributed by atoms with Crippen molar-refractivity contribution in [3.8, 4) is 0 Å². The molecule has 0 rings (SSSR count). The standard InChI is InChI=1S/C18H39OSi/c1-5-7-8-9-10-11-12-13-15-18(6-2)16-14-17-19-20(3)4/h18H,5-17H2,1-4H3. The highest BCUT2D eigenvalue weighted by Crippen LogP contribution is 2.20. The lowest BCUT2D eigenvalue weighted by atomic mass is 9.93. The highest BCUT2D eigenvalue weighted by Gasteiger charge is 2.06. The summed E-state index contributed by atoms with van der Waals surface area (Å²) in [5.74, 6) is 0.947. The lowest BCUT2D eigenvalue weighted by Gasteiger charge is -2.15. The smallest absolute Gasteiger partial charge is 0.204 e. The van der Waals surface area contributed by atoms with Crippen molar-refractivity contribution in [1.82, 2.24) is 0 Å². The first-order chi connectivity index (χ1) is 9.70. The van der Waals surface area contributed by atoms with Crippen LogP contribution in [0, 0.1) is 5.92 Å². The van der Waals surface area contributed by atoms with Gasteiger partial charge < -0.3 is 4.43 Å². The minimum atomic E-state index is -0.472. The molecule has 0 aliphatic heterocycles. The van der Waals surface area contributed by atoms with Gasteiger partial charge in [0.1, 0.15) is 0 Å². The number of hydrogen-bond donors (Lipinski definition) is 0. The third-order valence-corrected chi connectivity index (χ3v) is 4.97. The summed E-state index contributed by atoms with van der Waals surface area (Å²) in [7, 11) is -0.472. The molecule has 0 aromatic carbocycles. The molecule has 0 fully saturated rings. The van der Waals surface area contributed by atoms with Crippen LogP contribution >= 0.6 is 0 Å². The first-order valence-electron chi connectivity index (χ1n) is 9.13. The van der Waals surface area contributed by atoms with Crippen LogP contribution in [-0.2, 0) is 4.43 Å². The molecule has 1 nitrogen and oxygen atoms in total. The Morgan fingerprint density at radius 1 is 0.750 bits per heavy atom. The van der Waals surface area contributed by atoms with Gasteiger partial charge in [-0.05, 0) is 31.9 Å². The maximum atomic E-state index is 5.73. The molecule has 1 atom stereocenters. The molecular formula is C18H39OSi. The molecule has 0 saturated carbocycles. The summed E-state index contributed by atoms with van der Waals surface area (Å²) in [5.41, 5.74) is 0. The predicted molar refractivity (Wildman–Crippen MR) is 93.7 cm³/mol. The molecule has 0 heterocycles. The molecule has 1 unspecified atom stereocenters. The van der Waals surface area contributed by atoms with Gasteiger partial charge in [-0.1, -0.05) is 78.1 Å². The Balaban J connectivity index is 3.32. The third kappa shape index (κ3) is 14.6. The zero-order valence-electron chi connectivity index (χ0n) is 14.7. The molecular weight excluding hydrogens is 260 g/mol. The zero-order chi connectivity index (χ0) is 15.1. The maximum absolute atomic E-state index is 5.73. The van der Waals surface area contributed by atoms with E-state index in [4.69, 9.17) is 4.43 Å². The van der Waals surface area contributed by atoms with E-state index in [1.54, 1.807) is 0 Å². The van der Waals surface area contributed by atoms with Crippen molar-refractivity contribution in [1.29, 1.82) is 0 Å². The molecule has 1 radical (unpaired) electrons. The summed E-state index contributed by atoms with van der Waals surface area (Å²) in [5, 5.41) is 0. The van der Waals surface area contributed by atoms with Crippen molar-refractivity contribution in [2.75, 3.05) is 6.61 Å². The van der Waals surface area contributed by atoms with E-state index in [-0.39, 0.29) is 0 Å². The van der Waals surface area contributed by atoms with E-state index >= 15 is 0 Å². The van der Waals surface area contributed by atoms with Crippen LogP contribution in [0.15, 0.2) is 0 Å². The van der Waals surface area contributed by atoms with E-state index in [0.29, 0.717) is 0 Å². The number of rotatable bonds is 15. The molecule has 0 aliphatic carbocycles. The second kappa shape index (κ2) is 15.6. The summed E-state index contributed by atoms with van der Waals surface area (Å²) in [4.78, 5) is 0. The Bertz CT molecular complexity index is 182. The summed E-state index contributed by atoms with van der Waals surface area (Å²) >= 11 is 0. The van der Waals surface area contributed by atoms with Crippen molar-refractivity contribution in [3.05, 3.63) is 0 Å².